The fourth-order valence-electron chi connectivity index (χ4n) is 5.02. The van der Waals surface area contributed by atoms with Gasteiger partial charge in [-0.2, -0.15) is 0 Å². The van der Waals surface area contributed by atoms with Gasteiger partial charge >= 0.3 is 0 Å². The molecular weight excluding hydrogens is 338 g/mol. The molecule has 0 bridgehead atoms. The van der Waals surface area contributed by atoms with Crippen LogP contribution in [0.15, 0.2) is 18.2 Å². The van der Waals surface area contributed by atoms with Gasteiger partial charge in [-0.1, -0.05) is 0 Å². The summed E-state index contributed by atoms with van der Waals surface area (Å²) in [5.41, 5.74) is 3.47. The smallest absolute Gasteiger partial charge is 0.227 e. The number of carbonyl (C=O) groups is 1. The number of carbonyl (C=O) groups excluding carboxylic acids is 1. The van der Waals surface area contributed by atoms with Crippen LogP contribution >= 0.6 is 0 Å². The normalized spacial score (nSPS) is 27.3. The van der Waals surface area contributed by atoms with Crippen molar-refractivity contribution in [1.29, 1.82) is 0 Å². The summed E-state index contributed by atoms with van der Waals surface area (Å²) in [7, 11) is 0. The molecule has 2 unspecified atom stereocenters. The van der Waals surface area contributed by atoms with E-state index in [9.17, 15) is 4.79 Å². The molecule has 0 radical (unpaired) electrons. The van der Waals surface area contributed by atoms with Crippen molar-refractivity contribution >= 4 is 17.3 Å². The van der Waals surface area contributed by atoms with E-state index in [1.165, 1.54) is 37.1 Å². The fraction of sp³-hybridized carbons (Fsp3) is 0.682. The number of hydrogen-bond donors (Lipinski definition) is 1. The zero-order valence-electron chi connectivity index (χ0n) is 16.7. The third-order valence-corrected chi connectivity index (χ3v) is 6.63. The van der Waals surface area contributed by atoms with Gasteiger partial charge in [0.05, 0.1) is 0 Å². The van der Waals surface area contributed by atoms with Crippen LogP contribution in [0.25, 0.3) is 0 Å². The van der Waals surface area contributed by atoms with Gasteiger partial charge < -0.3 is 15.0 Å². The van der Waals surface area contributed by atoms with Gasteiger partial charge in [-0.25, -0.2) is 0 Å². The Kier molecular flexibility index (Phi) is 5.69. The van der Waals surface area contributed by atoms with Crippen molar-refractivity contribution in [3.8, 4) is 0 Å². The van der Waals surface area contributed by atoms with E-state index >= 15 is 0 Å². The van der Waals surface area contributed by atoms with Crippen LogP contribution < -0.4 is 10.2 Å². The number of likely N-dealkylation sites (tertiary alicyclic amines) is 1. The number of amides is 1. The Morgan fingerprint density at radius 2 is 1.96 bits per heavy atom. The molecule has 3 saturated heterocycles. The quantitative estimate of drug-likeness (QED) is 0.881. The monoisotopic (exact) mass is 371 g/mol. The lowest BCUT2D eigenvalue weighted by Gasteiger charge is -2.29. The number of nitrogens with zero attached hydrogens (tertiary/aromatic N) is 2. The molecule has 4 rings (SSSR count). The van der Waals surface area contributed by atoms with Gasteiger partial charge in [0.2, 0.25) is 5.91 Å². The van der Waals surface area contributed by atoms with Crippen molar-refractivity contribution in [3.63, 3.8) is 0 Å². The van der Waals surface area contributed by atoms with Gasteiger partial charge in [-0.3, -0.25) is 9.69 Å². The second-order valence-electron chi connectivity index (χ2n) is 8.49. The minimum absolute atomic E-state index is 0.0838. The predicted octanol–water partition coefficient (Wildman–Crippen LogP) is 3.42. The minimum Gasteiger partial charge on any atom is -0.381 e. The van der Waals surface area contributed by atoms with Gasteiger partial charge in [0.15, 0.2) is 0 Å². The highest BCUT2D eigenvalue weighted by molar-refractivity contribution is 5.93. The Hall–Kier alpha value is -1.59. The first-order valence-electron chi connectivity index (χ1n) is 10.6. The summed E-state index contributed by atoms with van der Waals surface area (Å²) in [4.78, 5) is 17.7. The molecule has 5 heteroatoms. The molecule has 148 valence electrons. The lowest BCUT2D eigenvalue weighted by Crippen LogP contribution is -2.39. The van der Waals surface area contributed by atoms with Crippen LogP contribution in [0.4, 0.5) is 11.4 Å². The first kappa shape index (κ1) is 18.8. The molecule has 1 N–H and O–H groups in total. The van der Waals surface area contributed by atoms with Crippen molar-refractivity contribution in [2.45, 2.75) is 58.0 Å². The van der Waals surface area contributed by atoms with E-state index < -0.39 is 0 Å². The van der Waals surface area contributed by atoms with Gasteiger partial charge in [0.1, 0.15) is 0 Å². The molecular formula is C22H33N3O2. The molecule has 3 aliphatic rings. The molecule has 0 spiro atoms. The Bertz CT molecular complexity index is 672. The molecule has 2 atom stereocenters. The Morgan fingerprint density at radius 3 is 2.67 bits per heavy atom. The highest BCUT2D eigenvalue weighted by atomic mass is 16.5. The van der Waals surface area contributed by atoms with Crippen molar-refractivity contribution in [1.82, 2.24) is 4.90 Å². The first-order chi connectivity index (χ1) is 13.1. The molecule has 3 fully saturated rings. The lowest BCUT2D eigenvalue weighted by atomic mass is 9.99. The summed E-state index contributed by atoms with van der Waals surface area (Å²) < 4.78 is 5.36. The SMILES string of the molecule is Cc1cc(NC(=O)C2CCOCC2)ccc1N1CCC(N2CCCC2C)C1. The summed E-state index contributed by atoms with van der Waals surface area (Å²) in [6, 6.07) is 7.79. The standard InChI is InChI=1S/C22H33N3O2/c1-16-14-19(23-22(26)18-8-12-27-13-9-18)5-6-21(16)24-11-7-20(15-24)25-10-3-4-17(25)2/h5-6,14,17-18,20H,3-4,7-13,15H2,1-2H3,(H,23,26). The van der Waals surface area contributed by atoms with E-state index in [0.29, 0.717) is 19.3 Å². The molecule has 27 heavy (non-hydrogen) atoms. The highest BCUT2D eigenvalue weighted by Gasteiger charge is 2.33. The van der Waals surface area contributed by atoms with Crippen LogP contribution in [-0.4, -0.2) is 55.7 Å². The molecule has 1 aromatic rings. The molecule has 0 saturated carbocycles. The molecule has 5 nitrogen and oxygen atoms in total. The van der Waals surface area contributed by atoms with Crippen molar-refractivity contribution in [2.75, 3.05) is 43.1 Å². The Labute approximate surface area is 163 Å². The third-order valence-electron chi connectivity index (χ3n) is 6.63. The van der Waals surface area contributed by atoms with Gasteiger partial charge in [-0.15, -0.1) is 0 Å². The summed E-state index contributed by atoms with van der Waals surface area (Å²) in [5, 5.41) is 3.11. The molecule has 3 aliphatic heterocycles. The van der Waals surface area contributed by atoms with E-state index in [4.69, 9.17) is 4.74 Å². The lowest BCUT2D eigenvalue weighted by molar-refractivity contribution is -0.122. The van der Waals surface area contributed by atoms with Gasteiger partial charge in [0, 0.05) is 55.7 Å². The van der Waals surface area contributed by atoms with Crippen LogP contribution in [0.2, 0.25) is 0 Å². The van der Waals surface area contributed by atoms with Crippen molar-refractivity contribution in [2.24, 2.45) is 5.92 Å². The summed E-state index contributed by atoms with van der Waals surface area (Å²) in [6.07, 6.45) is 5.60. The Morgan fingerprint density at radius 1 is 1.15 bits per heavy atom. The van der Waals surface area contributed by atoms with Crippen LogP contribution in [0.5, 0.6) is 0 Å². The summed E-state index contributed by atoms with van der Waals surface area (Å²) in [6.45, 7) is 9.43. The largest absolute Gasteiger partial charge is 0.381 e. The zero-order valence-corrected chi connectivity index (χ0v) is 16.7. The highest BCUT2D eigenvalue weighted by Crippen LogP contribution is 2.31. The molecule has 3 heterocycles. The number of rotatable bonds is 4. The summed E-state index contributed by atoms with van der Waals surface area (Å²) >= 11 is 0. The Balaban J connectivity index is 1.38. The molecule has 0 aromatic heterocycles. The fourth-order valence-corrected chi connectivity index (χ4v) is 5.02. The van der Waals surface area contributed by atoms with E-state index in [-0.39, 0.29) is 11.8 Å². The maximum Gasteiger partial charge on any atom is 0.227 e. The minimum atomic E-state index is 0.0838. The number of hydrogen-bond acceptors (Lipinski definition) is 4. The maximum absolute atomic E-state index is 12.5. The van der Waals surface area contributed by atoms with E-state index in [2.05, 4.69) is 47.2 Å². The van der Waals surface area contributed by atoms with Crippen LogP contribution in [0.3, 0.4) is 0 Å². The van der Waals surface area contributed by atoms with Crippen LogP contribution in [-0.2, 0) is 9.53 Å². The predicted molar refractivity (Wildman–Crippen MR) is 109 cm³/mol. The maximum atomic E-state index is 12.5. The number of aryl methyl sites for hydroxylation is 1. The van der Waals surface area contributed by atoms with E-state index in [1.807, 2.05) is 0 Å². The first-order valence-corrected chi connectivity index (χ1v) is 10.6. The number of anilines is 2. The zero-order chi connectivity index (χ0) is 18.8. The second kappa shape index (κ2) is 8.19. The van der Waals surface area contributed by atoms with Crippen molar-refractivity contribution < 1.29 is 9.53 Å². The topological polar surface area (TPSA) is 44.8 Å². The number of ether oxygens (including phenoxy) is 1. The van der Waals surface area contributed by atoms with Gasteiger partial charge in [-0.05, 0) is 76.3 Å². The number of benzene rings is 1. The van der Waals surface area contributed by atoms with Crippen LogP contribution in [0.1, 0.15) is 44.6 Å². The molecule has 0 aliphatic carbocycles. The van der Waals surface area contributed by atoms with Gasteiger partial charge in [0.25, 0.3) is 0 Å². The number of nitrogens with one attached hydrogen (secondary N) is 1. The molecule has 1 aromatic carbocycles. The van der Waals surface area contributed by atoms with Crippen molar-refractivity contribution in [3.05, 3.63) is 23.8 Å². The third kappa shape index (κ3) is 4.14. The van der Waals surface area contributed by atoms with E-state index in [1.54, 1.807) is 0 Å². The van der Waals surface area contributed by atoms with E-state index in [0.717, 1.165) is 37.7 Å². The average Bonchev–Trinajstić information content (AvgIpc) is 3.31. The molecule has 1 amide bonds. The summed E-state index contributed by atoms with van der Waals surface area (Å²) in [5.74, 6) is 0.218. The second-order valence-corrected chi connectivity index (χ2v) is 8.49. The average molecular weight is 372 g/mol. The van der Waals surface area contributed by atoms with Crippen LogP contribution in [0, 0.1) is 12.8 Å².